The zero-order valence-electron chi connectivity index (χ0n) is 13.4. The van der Waals surface area contributed by atoms with Gasteiger partial charge in [-0.05, 0) is 35.7 Å². The van der Waals surface area contributed by atoms with E-state index in [1.54, 1.807) is 4.90 Å². The number of nitrogens with zero attached hydrogens (tertiary/aromatic N) is 1. The highest BCUT2D eigenvalue weighted by Crippen LogP contribution is 2.42. The molecular weight excluding hydrogens is 305 g/mol. The Labute approximate surface area is 132 Å². The van der Waals surface area contributed by atoms with Gasteiger partial charge in [0, 0.05) is 18.7 Å². The van der Waals surface area contributed by atoms with Gasteiger partial charge in [-0.3, -0.25) is 4.79 Å². The number of primary amides is 1. The van der Waals surface area contributed by atoms with E-state index in [0.29, 0.717) is 19.2 Å². The van der Waals surface area contributed by atoms with Crippen LogP contribution < -0.4 is 10.6 Å². The molecule has 23 heavy (non-hydrogen) atoms. The van der Waals surface area contributed by atoms with Crippen molar-refractivity contribution in [2.24, 2.45) is 5.73 Å². The van der Waals surface area contributed by atoms with Gasteiger partial charge in [0.05, 0.1) is 12.6 Å². The fraction of sp³-hybridized carbons (Fsp3) is 0.235. The summed E-state index contributed by atoms with van der Waals surface area (Å²) in [6, 6.07) is 7.58. The highest BCUT2D eigenvalue weighted by atomic mass is 19.4. The number of alkyl halides is 3. The lowest BCUT2D eigenvalue weighted by molar-refractivity contribution is -0.137. The Balaban J connectivity index is 2.19. The molecule has 0 saturated heterocycles. The Morgan fingerprint density at radius 2 is 1.78 bits per heavy atom. The van der Waals surface area contributed by atoms with Crippen molar-refractivity contribution in [1.82, 2.24) is 0 Å². The number of carbonyl (C=O) groups excluding carboxylic acids is 1. The maximum Gasteiger partial charge on any atom is 0.418 e. The first-order valence-corrected chi connectivity index (χ1v) is 7.03. The number of anilines is 1. The second kappa shape index (κ2) is 5.30. The molecule has 1 aliphatic rings. The van der Waals surface area contributed by atoms with Crippen molar-refractivity contribution in [3.8, 4) is 0 Å². The van der Waals surface area contributed by atoms with E-state index in [1.165, 1.54) is 6.92 Å². The van der Waals surface area contributed by atoms with Crippen molar-refractivity contribution in [3.63, 3.8) is 0 Å². The average molecular weight is 321 g/mol. The lowest BCUT2D eigenvalue weighted by atomic mass is 10.00. The van der Waals surface area contributed by atoms with E-state index in [2.05, 4.69) is 0 Å². The van der Waals surface area contributed by atoms with Gasteiger partial charge in [0.25, 0.3) is 0 Å². The van der Waals surface area contributed by atoms with Crippen LogP contribution in [0.15, 0.2) is 36.4 Å². The summed E-state index contributed by atoms with van der Waals surface area (Å²) in [5, 5.41) is 0. The summed E-state index contributed by atoms with van der Waals surface area (Å²) in [4.78, 5) is 13.2. The monoisotopic (exact) mass is 321 g/mol. The van der Waals surface area contributed by atoms with Gasteiger partial charge >= 0.3 is 6.18 Å². The van der Waals surface area contributed by atoms with Gasteiger partial charge in [0.1, 0.15) is 0 Å². The van der Waals surface area contributed by atoms with Crippen molar-refractivity contribution in [1.29, 1.82) is 0 Å². The highest BCUT2D eigenvalue weighted by molar-refractivity contribution is 5.96. The molecule has 3 rings (SSSR count). The fourth-order valence-electron chi connectivity index (χ4n) is 3.01. The Bertz CT molecular complexity index is 808. The van der Waals surface area contributed by atoms with Crippen LogP contribution in [0.5, 0.6) is 0 Å². The number of rotatable bonds is 2. The topological polar surface area (TPSA) is 46.3 Å². The third-order valence-electron chi connectivity index (χ3n) is 4.05. The standard InChI is InChI=1S/C17H15F3N2O/c1-10-13(16(21)23)6-7-14(17(18,19)20)15(10)22-8-11-4-2-3-5-12(11)9-22/h2-7H,8-9H2,1H3,(H2,21,23)/i6D. The molecule has 1 aliphatic heterocycles. The molecule has 2 aromatic rings. The summed E-state index contributed by atoms with van der Waals surface area (Å²) in [5.74, 6) is -0.899. The summed E-state index contributed by atoms with van der Waals surface area (Å²) in [5.41, 5.74) is 6.08. The van der Waals surface area contributed by atoms with Crippen LogP contribution in [0, 0.1) is 6.92 Å². The molecule has 0 saturated carbocycles. The second-order valence-electron chi connectivity index (χ2n) is 5.54. The third kappa shape index (κ3) is 2.65. The predicted octanol–water partition coefficient (Wildman–Crippen LogP) is 3.63. The lowest BCUT2D eigenvalue weighted by Crippen LogP contribution is -2.23. The molecule has 0 radical (unpaired) electrons. The number of carbonyl (C=O) groups is 1. The van der Waals surface area contributed by atoms with Crippen LogP contribution in [0.2, 0.25) is 0 Å². The quantitative estimate of drug-likeness (QED) is 0.918. The predicted molar refractivity (Wildman–Crippen MR) is 81.0 cm³/mol. The molecule has 0 spiro atoms. The van der Waals surface area contributed by atoms with Gasteiger partial charge in [0.15, 0.2) is 0 Å². The molecule has 120 valence electrons. The number of benzene rings is 2. The lowest BCUT2D eigenvalue weighted by Gasteiger charge is -2.26. The maximum absolute atomic E-state index is 13.5. The summed E-state index contributed by atoms with van der Waals surface area (Å²) in [6.45, 7) is 2.04. The van der Waals surface area contributed by atoms with Crippen LogP contribution in [0.25, 0.3) is 0 Å². The molecule has 0 atom stereocenters. The molecular formula is C17H15F3N2O. The second-order valence-corrected chi connectivity index (χ2v) is 5.54. The van der Waals surface area contributed by atoms with E-state index in [9.17, 15) is 18.0 Å². The molecule has 0 aromatic heterocycles. The third-order valence-corrected chi connectivity index (χ3v) is 4.05. The Morgan fingerprint density at radius 3 is 2.26 bits per heavy atom. The molecule has 2 aromatic carbocycles. The number of nitrogens with two attached hydrogens (primary N) is 1. The molecule has 0 bridgehead atoms. The minimum Gasteiger partial charge on any atom is -0.366 e. The Kier molecular flexibility index (Phi) is 3.25. The van der Waals surface area contributed by atoms with Crippen LogP contribution in [0.1, 0.15) is 34.0 Å². The van der Waals surface area contributed by atoms with E-state index in [0.717, 1.165) is 11.1 Å². The molecule has 1 amide bonds. The first kappa shape index (κ1) is 14.1. The number of halogens is 3. The minimum atomic E-state index is -4.62. The van der Waals surface area contributed by atoms with Gasteiger partial charge in [-0.25, -0.2) is 0 Å². The van der Waals surface area contributed by atoms with Crippen LogP contribution in [-0.2, 0) is 19.3 Å². The minimum absolute atomic E-state index is 0.0801. The van der Waals surface area contributed by atoms with Gasteiger partial charge in [0.2, 0.25) is 5.91 Å². The van der Waals surface area contributed by atoms with Crippen molar-refractivity contribution >= 4 is 11.6 Å². The average Bonchev–Trinajstić information content (AvgIpc) is 2.88. The largest absolute Gasteiger partial charge is 0.418 e. The summed E-state index contributed by atoms with van der Waals surface area (Å²) in [7, 11) is 0. The number of hydrogen-bond donors (Lipinski definition) is 1. The van der Waals surface area contributed by atoms with E-state index in [1.807, 2.05) is 24.3 Å². The normalized spacial score (nSPS) is 14.6. The Hall–Kier alpha value is -2.50. The van der Waals surface area contributed by atoms with Gasteiger partial charge in [-0.15, -0.1) is 0 Å². The van der Waals surface area contributed by atoms with Crippen molar-refractivity contribution in [3.05, 3.63) is 64.2 Å². The molecule has 0 unspecified atom stereocenters. The first-order chi connectivity index (χ1) is 11.2. The number of fused-ring (bicyclic) bond motifs is 1. The number of hydrogen-bond acceptors (Lipinski definition) is 2. The van der Waals surface area contributed by atoms with Crippen LogP contribution in [-0.4, -0.2) is 5.91 Å². The molecule has 3 nitrogen and oxygen atoms in total. The maximum atomic E-state index is 13.5. The first-order valence-electron chi connectivity index (χ1n) is 7.53. The van der Waals surface area contributed by atoms with Gasteiger partial charge in [-0.2, -0.15) is 13.2 Å². The van der Waals surface area contributed by atoms with E-state index in [4.69, 9.17) is 7.10 Å². The summed E-state index contributed by atoms with van der Waals surface area (Å²) < 4.78 is 48.2. The van der Waals surface area contributed by atoms with Crippen LogP contribution >= 0.6 is 0 Å². The molecule has 0 fully saturated rings. The molecule has 0 aliphatic carbocycles. The molecule has 1 heterocycles. The summed E-state index contributed by atoms with van der Waals surface area (Å²) >= 11 is 0. The van der Waals surface area contributed by atoms with Crippen molar-refractivity contribution in [2.75, 3.05) is 4.90 Å². The zero-order chi connectivity index (χ0) is 17.6. The van der Waals surface area contributed by atoms with E-state index >= 15 is 0 Å². The Morgan fingerprint density at radius 1 is 1.22 bits per heavy atom. The molecule has 6 heteroatoms. The van der Waals surface area contributed by atoms with Gasteiger partial charge in [-0.1, -0.05) is 24.3 Å². The smallest absolute Gasteiger partial charge is 0.366 e. The summed E-state index contributed by atoms with van der Waals surface area (Å²) in [6.07, 6.45) is -4.62. The zero-order valence-corrected chi connectivity index (χ0v) is 12.4. The number of amides is 1. The van der Waals surface area contributed by atoms with Crippen molar-refractivity contribution in [2.45, 2.75) is 26.2 Å². The van der Waals surface area contributed by atoms with Crippen LogP contribution in [0.4, 0.5) is 18.9 Å². The van der Waals surface area contributed by atoms with E-state index in [-0.39, 0.29) is 16.8 Å². The van der Waals surface area contributed by atoms with E-state index < -0.39 is 23.7 Å². The molecule has 2 N–H and O–H groups in total. The van der Waals surface area contributed by atoms with Gasteiger partial charge < -0.3 is 10.6 Å². The van der Waals surface area contributed by atoms with Crippen LogP contribution in [0.3, 0.4) is 0 Å². The SMILES string of the molecule is [2H]c1cc(C(F)(F)F)c(N2Cc3ccccc3C2)c(C)c1C(N)=O. The van der Waals surface area contributed by atoms with Crippen molar-refractivity contribution < 1.29 is 19.3 Å². The fourth-order valence-corrected chi connectivity index (χ4v) is 3.01. The highest BCUT2D eigenvalue weighted by Gasteiger charge is 2.37.